The van der Waals surface area contributed by atoms with Crippen molar-refractivity contribution in [1.82, 2.24) is 0 Å². The monoisotopic (exact) mass is 256 g/mol. The molecule has 4 nitrogen and oxygen atoms in total. The van der Waals surface area contributed by atoms with Crippen LogP contribution in [0.4, 0.5) is 0 Å². The van der Waals surface area contributed by atoms with Crippen molar-refractivity contribution in [2.45, 2.75) is 44.9 Å². The van der Waals surface area contributed by atoms with Crippen LogP contribution in [0.1, 0.15) is 44.9 Å². The van der Waals surface area contributed by atoms with E-state index in [9.17, 15) is 9.59 Å². The van der Waals surface area contributed by atoms with Gasteiger partial charge in [0.2, 0.25) is 0 Å². The molecule has 0 heterocycles. The zero-order chi connectivity index (χ0) is 11.5. The van der Waals surface area contributed by atoms with E-state index in [1.807, 2.05) is 0 Å². The molecule has 0 unspecified atom stereocenters. The van der Waals surface area contributed by atoms with E-state index in [1.54, 1.807) is 0 Å². The number of carbonyl (C=O) groups is 2. The highest BCUT2D eigenvalue weighted by molar-refractivity contribution is 6.13. The predicted molar refractivity (Wildman–Crippen MR) is 56.2 cm³/mol. The third-order valence-corrected chi connectivity index (χ3v) is 2.28. The molecule has 0 atom stereocenters. The molecular weight excluding hydrogens is 243 g/mol. The molecule has 0 saturated heterocycles. The highest BCUT2D eigenvalue weighted by Crippen LogP contribution is 2.08. The van der Waals surface area contributed by atoms with Gasteiger partial charge in [0.15, 0.2) is 0 Å². The van der Waals surface area contributed by atoms with Crippen LogP contribution in [0.5, 0.6) is 0 Å². The molecule has 0 bridgehead atoms. The van der Waals surface area contributed by atoms with Gasteiger partial charge in [0.25, 0.3) is 0 Å². The van der Waals surface area contributed by atoms with E-state index >= 15 is 0 Å². The number of rotatable bonds is 8. The predicted octanol–water partition coefficient (Wildman–Crippen LogP) is 3.11. The first kappa shape index (κ1) is 14.5. The lowest BCUT2D eigenvalue weighted by atomic mass is 10.1. The van der Waals surface area contributed by atoms with E-state index < -0.39 is 11.9 Å². The number of hydrogen-bond donors (Lipinski definition) is 0. The fraction of sp³-hybridized carbons (Fsp3) is 0.778. The lowest BCUT2D eigenvalue weighted by Crippen LogP contribution is -1.97. The molecule has 0 saturated carbocycles. The molecule has 88 valence electrons. The van der Waals surface area contributed by atoms with E-state index in [1.165, 1.54) is 0 Å². The van der Waals surface area contributed by atoms with Crippen molar-refractivity contribution < 1.29 is 18.2 Å². The van der Waals surface area contributed by atoms with Gasteiger partial charge in [-0.2, -0.15) is 0 Å². The second-order valence-electron chi connectivity index (χ2n) is 3.17. The van der Waals surface area contributed by atoms with Crippen LogP contribution in [-0.4, -0.2) is 11.9 Å². The quantitative estimate of drug-likeness (QED) is 0.627. The summed E-state index contributed by atoms with van der Waals surface area (Å²) in [6, 6.07) is 0. The first-order valence-corrected chi connectivity index (χ1v) is 5.45. The van der Waals surface area contributed by atoms with Gasteiger partial charge in [-0.1, -0.05) is 19.3 Å². The smallest absolute Gasteiger partial charge is 0.324 e. The number of unbranched alkanes of at least 4 members (excludes halogenated alkanes) is 4. The van der Waals surface area contributed by atoms with Crippen molar-refractivity contribution >= 4 is 35.7 Å². The summed E-state index contributed by atoms with van der Waals surface area (Å²) in [7, 11) is 0. The largest absolute Gasteiger partial charge is 0.348 e. The van der Waals surface area contributed by atoms with E-state index in [-0.39, 0.29) is 0 Å². The number of halogens is 2. The molecule has 0 aromatic rings. The van der Waals surface area contributed by atoms with Gasteiger partial charge in [0.05, 0.1) is 0 Å². The lowest BCUT2D eigenvalue weighted by Gasteiger charge is -1.99. The van der Waals surface area contributed by atoms with Gasteiger partial charge in [0.1, 0.15) is 23.7 Å². The fourth-order valence-electron chi connectivity index (χ4n) is 1.15. The van der Waals surface area contributed by atoms with Crippen molar-refractivity contribution in [2.24, 2.45) is 0 Å². The van der Waals surface area contributed by atoms with Crippen LogP contribution in [-0.2, 0) is 18.2 Å². The van der Waals surface area contributed by atoms with Crippen molar-refractivity contribution in [3.05, 3.63) is 0 Å². The Bertz CT molecular complexity index is 177. The molecule has 0 aliphatic rings. The van der Waals surface area contributed by atoms with Gasteiger partial charge in [-0.25, -0.2) is 0 Å². The Morgan fingerprint density at radius 3 is 1.40 bits per heavy atom. The average molecular weight is 257 g/mol. The summed E-state index contributed by atoms with van der Waals surface area (Å²) in [5, 5.41) is 0. The number of hydrogen-bond acceptors (Lipinski definition) is 4. The molecule has 0 radical (unpaired) electrons. The Morgan fingerprint density at radius 2 is 1.07 bits per heavy atom. The summed E-state index contributed by atoms with van der Waals surface area (Å²) >= 11 is 9.70. The van der Waals surface area contributed by atoms with Gasteiger partial charge in [0, 0.05) is 12.8 Å². The average Bonchev–Trinajstić information content (AvgIpc) is 2.26. The molecule has 0 aliphatic heterocycles. The Hall–Kier alpha value is -0.480. The fourth-order valence-corrected chi connectivity index (χ4v) is 1.30. The topological polar surface area (TPSA) is 52.6 Å². The minimum Gasteiger partial charge on any atom is -0.348 e. The van der Waals surface area contributed by atoms with Crippen molar-refractivity contribution in [3.63, 3.8) is 0 Å². The Labute approximate surface area is 99.2 Å². The first-order valence-electron chi connectivity index (χ1n) is 4.83. The van der Waals surface area contributed by atoms with Crippen LogP contribution in [0.25, 0.3) is 0 Å². The van der Waals surface area contributed by atoms with Crippen LogP contribution in [0.3, 0.4) is 0 Å². The summed E-state index contributed by atoms with van der Waals surface area (Å²) in [4.78, 5) is 21.2. The second kappa shape index (κ2) is 10.1. The highest BCUT2D eigenvalue weighted by atomic mass is 35.5. The van der Waals surface area contributed by atoms with Crippen molar-refractivity contribution in [2.75, 3.05) is 0 Å². The Kier molecular flexibility index (Phi) is 9.73. The standard InChI is InChI=1S/C9H14Cl2O4/c10-14-8(12)6-4-2-1-3-5-7-9(13)15-11/h1-7H2. The van der Waals surface area contributed by atoms with Crippen LogP contribution in [0.2, 0.25) is 0 Å². The van der Waals surface area contributed by atoms with Gasteiger partial charge < -0.3 is 8.58 Å². The molecule has 0 N–H and O–H groups in total. The molecule has 0 fully saturated rings. The Balaban J connectivity index is 3.11. The molecule has 0 aromatic carbocycles. The maximum Gasteiger partial charge on any atom is 0.324 e. The minimum atomic E-state index is -0.401. The van der Waals surface area contributed by atoms with Gasteiger partial charge in [-0.15, -0.1) is 0 Å². The molecule has 0 spiro atoms. The summed E-state index contributed by atoms with van der Waals surface area (Å²) in [5.74, 6) is -0.801. The van der Waals surface area contributed by atoms with E-state index in [4.69, 9.17) is 23.7 Å². The SMILES string of the molecule is O=C(CCCCCCCC(=O)OCl)OCl. The molecule has 0 aliphatic carbocycles. The van der Waals surface area contributed by atoms with Crippen LogP contribution in [0.15, 0.2) is 0 Å². The van der Waals surface area contributed by atoms with Crippen molar-refractivity contribution in [1.29, 1.82) is 0 Å². The zero-order valence-electron chi connectivity index (χ0n) is 8.34. The second-order valence-corrected chi connectivity index (χ2v) is 3.47. The summed E-state index contributed by atoms with van der Waals surface area (Å²) < 4.78 is 7.96. The first-order chi connectivity index (χ1) is 7.20. The van der Waals surface area contributed by atoms with Crippen LogP contribution in [0, 0.1) is 0 Å². The third-order valence-electron chi connectivity index (χ3n) is 1.93. The number of carbonyl (C=O) groups excluding carboxylic acids is 2. The summed E-state index contributed by atoms with van der Waals surface area (Å²) in [6.45, 7) is 0. The van der Waals surface area contributed by atoms with Crippen molar-refractivity contribution in [3.8, 4) is 0 Å². The molecule has 0 aromatic heterocycles. The third kappa shape index (κ3) is 9.82. The molecular formula is C9H14Cl2O4. The molecule has 15 heavy (non-hydrogen) atoms. The van der Waals surface area contributed by atoms with Gasteiger partial charge in [-0.05, 0) is 12.8 Å². The normalized spacial score (nSPS) is 9.73. The van der Waals surface area contributed by atoms with Crippen LogP contribution < -0.4 is 0 Å². The van der Waals surface area contributed by atoms with E-state index in [0.29, 0.717) is 12.8 Å². The Morgan fingerprint density at radius 1 is 0.733 bits per heavy atom. The zero-order valence-corrected chi connectivity index (χ0v) is 9.85. The molecule has 0 amide bonds. The van der Waals surface area contributed by atoms with Gasteiger partial charge >= 0.3 is 11.9 Å². The minimum absolute atomic E-state index is 0.340. The molecule has 0 rings (SSSR count). The maximum absolute atomic E-state index is 10.6. The molecule has 6 heteroatoms. The van der Waals surface area contributed by atoms with E-state index in [0.717, 1.165) is 32.1 Å². The van der Waals surface area contributed by atoms with E-state index in [2.05, 4.69) is 8.58 Å². The summed E-state index contributed by atoms with van der Waals surface area (Å²) in [6.07, 6.45) is 4.99. The van der Waals surface area contributed by atoms with Gasteiger partial charge in [-0.3, -0.25) is 9.59 Å². The van der Waals surface area contributed by atoms with Crippen LogP contribution >= 0.6 is 23.7 Å². The lowest BCUT2D eigenvalue weighted by molar-refractivity contribution is -0.134. The highest BCUT2D eigenvalue weighted by Gasteiger charge is 2.02. The summed E-state index contributed by atoms with van der Waals surface area (Å²) in [5.41, 5.74) is 0. The maximum atomic E-state index is 10.6.